The predicted octanol–water partition coefficient (Wildman–Crippen LogP) is 2.89. The van der Waals surface area contributed by atoms with E-state index in [9.17, 15) is 4.79 Å². The van der Waals surface area contributed by atoms with Gasteiger partial charge in [-0.25, -0.2) is 0 Å². The zero-order valence-corrected chi connectivity index (χ0v) is 13.2. The fourth-order valence-electron chi connectivity index (χ4n) is 2.84. The maximum Gasteiger partial charge on any atom is 0.252 e. The maximum atomic E-state index is 12.4. The number of aromatic nitrogens is 2. The first-order valence-corrected chi connectivity index (χ1v) is 8.47. The molecule has 1 unspecified atom stereocenters. The summed E-state index contributed by atoms with van der Waals surface area (Å²) >= 11 is 1.74. The van der Waals surface area contributed by atoms with Gasteiger partial charge in [-0.2, -0.15) is 5.10 Å². The molecule has 1 aliphatic carbocycles. The van der Waals surface area contributed by atoms with E-state index < -0.39 is 0 Å². The molecule has 5 heteroatoms. The smallest absolute Gasteiger partial charge is 0.252 e. The number of amides is 1. The second-order valence-corrected chi connectivity index (χ2v) is 6.77. The molecule has 1 atom stereocenters. The van der Waals surface area contributed by atoms with Crippen molar-refractivity contribution in [2.75, 3.05) is 6.54 Å². The third-order valence-electron chi connectivity index (χ3n) is 3.97. The molecule has 2 heterocycles. The van der Waals surface area contributed by atoms with E-state index in [0.29, 0.717) is 12.5 Å². The number of hydrogen-bond donors (Lipinski definition) is 1. The number of nitrogens with zero attached hydrogens (tertiary/aromatic N) is 2. The van der Waals surface area contributed by atoms with Gasteiger partial charge in [-0.15, -0.1) is 11.3 Å². The van der Waals surface area contributed by atoms with Crippen molar-refractivity contribution in [1.82, 2.24) is 15.1 Å². The number of nitrogens with one attached hydrogen (secondary N) is 1. The van der Waals surface area contributed by atoms with Crippen molar-refractivity contribution in [3.8, 4) is 0 Å². The standard InChI is InChI=1S/C16H21N3OS/c1-12(10-19-8-4-7-18-19)9-17-16(20)14-11-21-15-6-3-2-5-13(14)15/h4,7-8,11-12H,2-3,5-6,9-10H2,1H3,(H,17,20). The average Bonchev–Trinajstić information content (AvgIpc) is 3.13. The van der Waals surface area contributed by atoms with Crippen LogP contribution in [-0.2, 0) is 19.4 Å². The van der Waals surface area contributed by atoms with E-state index in [0.717, 1.165) is 24.9 Å². The van der Waals surface area contributed by atoms with Gasteiger partial charge in [0.1, 0.15) is 0 Å². The molecule has 1 N–H and O–H groups in total. The summed E-state index contributed by atoms with van der Waals surface area (Å²) in [4.78, 5) is 13.8. The van der Waals surface area contributed by atoms with E-state index in [1.54, 1.807) is 17.5 Å². The fraction of sp³-hybridized carbons (Fsp3) is 0.500. The lowest BCUT2D eigenvalue weighted by atomic mass is 9.95. The van der Waals surface area contributed by atoms with Gasteiger partial charge in [0.05, 0.1) is 5.56 Å². The number of aryl methyl sites for hydroxylation is 1. The minimum absolute atomic E-state index is 0.0849. The first-order valence-electron chi connectivity index (χ1n) is 7.59. The van der Waals surface area contributed by atoms with E-state index in [2.05, 4.69) is 17.3 Å². The molecule has 21 heavy (non-hydrogen) atoms. The van der Waals surface area contributed by atoms with Gasteiger partial charge in [-0.05, 0) is 43.2 Å². The number of rotatable bonds is 5. The number of carbonyl (C=O) groups is 1. The monoisotopic (exact) mass is 303 g/mol. The van der Waals surface area contributed by atoms with Gasteiger partial charge in [0, 0.05) is 35.7 Å². The lowest BCUT2D eigenvalue weighted by Gasteiger charge is -2.15. The Morgan fingerprint density at radius 1 is 1.48 bits per heavy atom. The summed E-state index contributed by atoms with van der Waals surface area (Å²) in [6, 6.07) is 1.92. The molecule has 0 saturated heterocycles. The highest BCUT2D eigenvalue weighted by Crippen LogP contribution is 2.30. The summed E-state index contributed by atoms with van der Waals surface area (Å²) < 4.78 is 1.91. The highest BCUT2D eigenvalue weighted by Gasteiger charge is 2.20. The molecular weight excluding hydrogens is 282 g/mol. The minimum Gasteiger partial charge on any atom is -0.352 e. The Balaban J connectivity index is 1.55. The SMILES string of the molecule is CC(CNC(=O)c1csc2c1CCCC2)Cn1cccn1. The van der Waals surface area contributed by atoms with Crippen LogP contribution < -0.4 is 5.32 Å². The first kappa shape index (κ1) is 14.3. The van der Waals surface area contributed by atoms with Crippen LogP contribution in [0, 0.1) is 5.92 Å². The molecule has 0 aromatic carbocycles. The molecule has 112 valence electrons. The quantitative estimate of drug-likeness (QED) is 0.923. The summed E-state index contributed by atoms with van der Waals surface area (Å²) in [6.07, 6.45) is 8.40. The molecule has 4 nitrogen and oxygen atoms in total. The van der Waals surface area contributed by atoms with E-state index >= 15 is 0 Å². The molecule has 2 aromatic rings. The van der Waals surface area contributed by atoms with E-state index in [1.165, 1.54) is 23.3 Å². The number of fused-ring (bicyclic) bond motifs is 1. The van der Waals surface area contributed by atoms with Crippen molar-refractivity contribution in [3.63, 3.8) is 0 Å². The zero-order chi connectivity index (χ0) is 14.7. The van der Waals surface area contributed by atoms with Crippen molar-refractivity contribution < 1.29 is 4.79 Å². The molecule has 0 fully saturated rings. The van der Waals surface area contributed by atoms with Crippen LogP contribution in [0.3, 0.4) is 0 Å². The van der Waals surface area contributed by atoms with Crippen LogP contribution in [-0.4, -0.2) is 22.2 Å². The van der Waals surface area contributed by atoms with E-state index in [4.69, 9.17) is 0 Å². The summed E-state index contributed by atoms with van der Waals surface area (Å²) in [5.74, 6) is 0.449. The second-order valence-electron chi connectivity index (χ2n) is 5.80. The highest BCUT2D eigenvalue weighted by atomic mass is 32.1. The first-order chi connectivity index (χ1) is 10.2. The second kappa shape index (κ2) is 6.43. The lowest BCUT2D eigenvalue weighted by molar-refractivity contribution is 0.0946. The number of hydrogen-bond acceptors (Lipinski definition) is 3. The third kappa shape index (κ3) is 3.35. The molecule has 0 radical (unpaired) electrons. The van der Waals surface area contributed by atoms with Crippen molar-refractivity contribution in [3.05, 3.63) is 39.8 Å². The molecule has 0 bridgehead atoms. The van der Waals surface area contributed by atoms with E-state index in [1.807, 2.05) is 22.3 Å². The van der Waals surface area contributed by atoms with Gasteiger partial charge in [0.2, 0.25) is 0 Å². The van der Waals surface area contributed by atoms with Crippen LogP contribution in [0.4, 0.5) is 0 Å². The predicted molar refractivity (Wildman–Crippen MR) is 84.7 cm³/mol. The van der Waals surface area contributed by atoms with Gasteiger partial charge < -0.3 is 5.32 Å². The molecule has 0 spiro atoms. The van der Waals surface area contributed by atoms with Crippen molar-refractivity contribution in [1.29, 1.82) is 0 Å². The Hall–Kier alpha value is -1.62. The summed E-state index contributed by atoms with van der Waals surface area (Å²) in [5.41, 5.74) is 2.20. The normalized spacial score (nSPS) is 15.5. The summed E-state index contributed by atoms with van der Waals surface area (Å²) in [6.45, 7) is 3.64. The van der Waals surface area contributed by atoms with Crippen molar-refractivity contribution in [2.24, 2.45) is 5.92 Å². The minimum atomic E-state index is 0.0849. The summed E-state index contributed by atoms with van der Waals surface area (Å²) in [7, 11) is 0. The van der Waals surface area contributed by atoms with Crippen LogP contribution in [0.5, 0.6) is 0 Å². The lowest BCUT2D eigenvalue weighted by Crippen LogP contribution is -2.30. The van der Waals surface area contributed by atoms with Crippen LogP contribution in [0.1, 0.15) is 40.6 Å². The molecular formula is C16H21N3OS. The van der Waals surface area contributed by atoms with Crippen LogP contribution >= 0.6 is 11.3 Å². The van der Waals surface area contributed by atoms with Gasteiger partial charge in [-0.3, -0.25) is 9.48 Å². The highest BCUT2D eigenvalue weighted by molar-refractivity contribution is 7.10. The van der Waals surface area contributed by atoms with Crippen LogP contribution in [0.15, 0.2) is 23.8 Å². The van der Waals surface area contributed by atoms with Gasteiger partial charge in [0.25, 0.3) is 5.91 Å². The Morgan fingerprint density at radius 2 is 2.33 bits per heavy atom. The Morgan fingerprint density at radius 3 is 3.14 bits per heavy atom. The molecule has 2 aromatic heterocycles. The van der Waals surface area contributed by atoms with E-state index in [-0.39, 0.29) is 5.91 Å². The Kier molecular flexibility index (Phi) is 4.39. The van der Waals surface area contributed by atoms with Gasteiger partial charge in [-0.1, -0.05) is 6.92 Å². The van der Waals surface area contributed by atoms with Crippen LogP contribution in [0.25, 0.3) is 0 Å². The fourth-order valence-corrected chi connectivity index (χ4v) is 3.96. The summed E-state index contributed by atoms with van der Waals surface area (Å²) in [5, 5.41) is 9.30. The number of carbonyl (C=O) groups excluding carboxylic acids is 1. The van der Waals surface area contributed by atoms with Gasteiger partial charge >= 0.3 is 0 Å². The third-order valence-corrected chi connectivity index (χ3v) is 5.06. The molecule has 1 aliphatic rings. The van der Waals surface area contributed by atoms with Gasteiger partial charge in [0.15, 0.2) is 0 Å². The molecule has 0 saturated carbocycles. The molecule has 3 rings (SSSR count). The molecule has 1 amide bonds. The zero-order valence-electron chi connectivity index (χ0n) is 12.3. The van der Waals surface area contributed by atoms with Crippen LogP contribution in [0.2, 0.25) is 0 Å². The Labute approximate surface area is 129 Å². The topological polar surface area (TPSA) is 46.9 Å². The van der Waals surface area contributed by atoms with Crippen molar-refractivity contribution in [2.45, 2.75) is 39.2 Å². The van der Waals surface area contributed by atoms with Crippen molar-refractivity contribution >= 4 is 17.2 Å². The maximum absolute atomic E-state index is 12.4. The average molecular weight is 303 g/mol. The number of thiophene rings is 1. The Bertz CT molecular complexity index is 603. The molecule has 0 aliphatic heterocycles. The largest absolute Gasteiger partial charge is 0.352 e.